The second-order valence-corrected chi connectivity index (χ2v) is 9.45. The number of phenols is 1. The topological polar surface area (TPSA) is 151 Å². The number of benzene rings is 1. The number of unbranched alkanes of at least 4 members (excludes halogenated alkanes) is 1. The van der Waals surface area contributed by atoms with E-state index in [0.29, 0.717) is 19.4 Å². The molecule has 0 heterocycles. The lowest BCUT2D eigenvalue weighted by atomic mass is 10.0. The molecule has 0 spiro atoms. The second-order valence-electron chi connectivity index (χ2n) is 9.45. The van der Waals surface area contributed by atoms with Gasteiger partial charge in [0, 0.05) is 18.2 Å². The van der Waals surface area contributed by atoms with Gasteiger partial charge in [0.2, 0.25) is 17.7 Å². The Morgan fingerprint density at radius 2 is 1.85 bits per heavy atom. The summed E-state index contributed by atoms with van der Waals surface area (Å²) in [5, 5.41) is 15.8. The summed E-state index contributed by atoms with van der Waals surface area (Å²) in [7, 11) is 0. The zero-order valence-corrected chi connectivity index (χ0v) is 20.3. The molecule has 10 nitrogen and oxygen atoms in total. The first-order chi connectivity index (χ1) is 15.9. The van der Waals surface area contributed by atoms with Crippen molar-refractivity contribution in [1.29, 1.82) is 0 Å². The molecule has 1 aromatic rings. The Labute approximate surface area is 200 Å². The van der Waals surface area contributed by atoms with E-state index in [0.717, 1.165) is 12.8 Å². The Kier molecular flexibility index (Phi) is 9.28. The summed E-state index contributed by atoms with van der Waals surface area (Å²) in [6.07, 6.45) is 1.57. The van der Waals surface area contributed by atoms with E-state index in [9.17, 15) is 24.3 Å². The fourth-order valence-corrected chi connectivity index (χ4v) is 3.52. The van der Waals surface area contributed by atoms with Gasteiger partial charge in [0.05, 0.1) is 6.42 Å². The molecule has 1 aromatic carbocycles. The molecule has 0 radical (unpaired) electrons. The van der Waals surface area contributed by atoms with Crippen LogP contribution >= 0.6 is 0 Å². The summed E-state index contributed by atoms with van der Waals surface area (Å²) in [4.78, 5) is 52.5. The van der Waals surface area contributed by atoms with Crippen molar-refractivity contribution >= 4 is 23.8 Å². The van der Waals surface area contributed by atoms with Crippen molar-refractivity contribution in [2.45, 2.75) is 83.5 Å². The molecule has 0 aromatic heterocycles. The Morgan fingerprint density at radius 1 is 1.21 bits per heavy atom. The highest BCUT2D eigenvalue weighted by atomic mass is 16.6. The van der Waals surface area contributed by atoms with Crippen LogP contribution in [0.5, 0.6) is 5.75 Å². The molecule has 1 aliphatic rings. The molecular formula is C24H36N4O6. The molecule has 4 amide bonds. The number of carbonyl (C=O) groups is 4. The summed E-state index contributed by atoms with van der Waals surface area (Å²) in [5.74, 6) is -2.03. The molecule has 2 atom stereocenters. The standard InChI is InChI=1S/C24H36N4O6/c1-5-6-13-26-21(31)20(16-9-7-8-10-18(16)29)28(15-11-12-15)22(32)17(14-19(25)30)27-23(33)34-24(2,3)4/h7-10,15,17,20,29H,5-6,11-14H2,1-4H3,(H2,25,30)(H,26,31)(H,27,33). The Morgan fingerprint density at radius 3 is 2.38 bits per heavy atom. The van der Waals surface area contributed by atoms with Crippen molar-refractivity contribution < 1.29 is 29.0 Å². The highest BCUT2D eigenvalue weighted by molar-refractivity contribution is 5.95. The molecule has 1 aliphatic carbocycles. The normalized spacial score (nSPS) is 15.1. The molecule has 0 bridgehead atoms. The van der Waals surface area contributed by atoms with E-state index in [4.69, 9.17) is 10.5 Å². The van der Waals surface area contributed by atoms with Crippen LogP contribution in [0, 0.1) is 0 Å². The minimum atomic E-state index is -1.33. The smallest absolute Gasteiger partial charge is 0.408 e. The van der Waals surface area contributed by atoms with Crippen molar-refractivity contribution in [3.8, 4) is 5.75 Å². The average molecular weight is 477 g/mol. The fourth-order valence-electron chi connectivity index (χ4n) is 3.52. The molecule has 34 heavy (non-hydrogen) atoms. The number of alkyl carbamates (subject to hydrolysis) is 1. The van der Waals surface area contributed by atoms with Gasteiger partial charge in [-0.1, -0.05) is 31.5 Å². The third kappa shape index (κ3) is 7.93. The van der Waals surface area contributed by atoms with E-state index in [-0.39, 0.29) is 17.4 Å². The predicted molar refractivity (Wildman–Crippen MR) is 126 cm³/mol. The molecular weight excluding hydrogens is 440 g/mol. The Hall–Kier alpha value is -3.30. The summed E-state index contributed by atoms with van der Waals surface area (Å²) in [6, 6.07) is 3.54. The van der Waals surface area contributed by atoms with Crippen molar-refractivity contribution in [3.63, 3.8) is 0 Å². The highest BCUT2D eigenvalue weighted by Crippen LogP contribution is 2.38. The minimum Gasteiger partial charge on any atom is -0.508 e. The summed E-state index contributed by atoms with van der Waals surface area (Å²) >= 11 is 0. The van der Waals surface area contributed by atoms with Crippen LogP contribution in [0.3, 0.4) is 0 Å². The van der Waals surface area contributed by atoms with Crippen LogP contribution in [0.25, 0.3) is 0 Å². The van der Waals surface area contributed by atoms with E-state index < -0.39 is 47.9 Å². The maximum Gasteiger partial charge on any atom is 0.408 e. The third-order valence-corrected chi connectivity index (χ3v) is 5.18. The zero-order chi connectivity index (χ0) is 25.5. The largest absolute Gasteiger partial charge is 0.508 e. The van der Waals surface area contributed by atoms with Crippen molar-refractivity contribution in [2.24, 2.45) is 5.73 Å². The van der Waals surface area contributed by atoms with Crippen LogP contribution in [0.2, 0.25) is 0 Å². The highest BCUT2D eigenvalue weighted by Gasteiger charge is 2.45. The second kappa shape index (κ2) is 11.7. The predicted octanol–water partition coefficient (Wildman–Crippen LogP) is 2.11. The Bertz CT molecular complexity index is 894. The van der Waals surface area contributed by atoms with Crippen LogP contribution in [0.4, 0.5) is 4.79 Å². The number of para-hydroxylation sites is 1. The van der Waals surface area contributed by atoms with Crippen LogP contribution in [0.15, 0.2) is 24.3 Å². The first-order valence-electron chi connectivity index (χ1n) is 11.6. The van der Waals surface area contributed by atoms with Gasteiger partial charge >= 0.3 is 6.09 Å². The number of rotatable bonds is 11. The number of nitrogens with zero attached hydrogens (tertiary/aromatic N) is 1. The summed E-state index contributed by atoms with van der Waals surface area (Å²) in [6.45, 7) is 7.41. The number of aromatic hydroxyl groups is 1. The van der Waals surface area contributed by atoms with Crippen LogP contribution in [0.1, 0.15) is 71.4 Å². The van der Waals surface area contributed by atoms with Gasteiger partial charge in [-0.05, 0) is 46.1 Å². The minimum absolute atomic E-state index is 0.136. The maximum atomic E-state index is 13.7. The number of amides is 4. The summed E-state index contributed by atoms with van der Waals surface area (Å²) < 4.78 is 5.24. The lowest BCUT2D eigenvalue weighted by Gasteiger charge is -2.34. The molecule has 188 valence electrons. The lowest BCUT2D eigenvalue weighted by molar-refractivity contribution is -0.144. The van der Waals surface area contributed by atoms with E-state index >= 15 is 0 Å². The monoisotopic (exact) mass is 476 g/mol. The summed E-state index contributed by atoms with van der Waals surface area (Å²) in [5.41, 5.74) is 4.79. The number of nitrogens with one attached hydrogen (secondary N) is 2. The van der Waals surface area contributed by atoms with E-state index in [1.54, 1.807) is 39.0 Å². The van der Waals surface area contributed by atoms with Gasteiger partial charge in [-0.25, -0.2) is 4.79 Å². The first kappa shape index (κ1) is 26.9. The Balaban J connectivity index is 2.42. The van der Waals surface area contributed by atoms with Crippen molar-refractivity contribution in [1.82, 2.24) is 15.5 Å². The van der Waals surface area contributed by atoms with Gasteiger partial charge in [0.25, 0.3) is 0 Å². The van der Waals surface area contributed by atoms with Gasteiger partial charge in [-0.3, -0.25) is 14.4 Å². The average Bonchev–Trinajstić information content (AvgIpc) is 3.55. The van der Waals surface area contributed by atoms with E-state index in [1.807, 2.05) is 6.92 Å². The number of carbonyl (C=O) groups excluding carboxylic acids is 4. The molecule has 2 rings (SSSR count). The fraction of sp³-hybridized carbons (Fsp3) is 0.583. The number of ether oxygens (including phenoxy) is 1. The van der Waals surface area contributed by atoms with Crippen LogP contribution < -0.4 is 16.4 Å². The van der Waals surface area contributed by atoms with Gasteiger partial charge in [0.15, 0.2) is 0 Å². The third-order valence-electron chi connectivity index (χ3n) is 5.18. The molecule has 0 saturated heterocycles. The first-order valence-corrected chi connectivity index (χ1v) is 11.6. The van der Waals surface area contributed by atoms with Crippen molar-refractivity contribution in [3.05, 3.63) is 29.8 Å². The number of nitrogens with two attached hydrogens (primary N) is 1. The molecule has 0 aliphatic heterocycles. The SMILES string of the molecule is CCCCNC(=O)C(c1ccccc1O)N(C(=O)C(CC(N)=O)NC(=O)OC(C)(C)C)C1CC1. The van der Waals surface area contributed by atoms with Gasteiger partial charge in [0.1, 0.15) is 23.4 Å². The van der Waals surface area contributed by atoms with E-state index in [2.05, 4.69) is 10.6 Å². The lowest BCUT2D eigenvalue weighted by Crippen LogP contribution is -2.54. The number of phenolic OH excluding ortho intramolecular Hbond substituents is 1. The zero-order valence-electron chi connectivity index (χ0n) is 20.3. The molecule has 5 N–H and O–H groups in total. The number of primary amides is 1. The van der Waals surface area contributed by atoms with Gasteiger partial charge < -0.3 is 31.1 Å². The van der Waals surface area contributed by atoms with Crippen molar-refractivity contribution in [2.75, 3.05) is 6.54 Å². The molecule has 2 unspecified atom stereocenters. The maximum absolute atomic E-state index is 13.7. The molecule has 1 saturated carbocycles. The van der Waals surface area contributed by atoms with Crippen LogP contribution in [-0.4, -0.2) is 58.1 Å². The molecule has 10 heteroatoms. The van der Waals surface area contributed by atoms with Crippen LogP contribution in [-0.2, 0) is 19.1 Å². The van der Waals surface area contributed by atoms with Gasteiger partial charge in [-0.15, -0.1) is 0 Å². The molecule has 1 fully saturated rings. The van der Waals surface area contributed by atoms with E-state index in [1.165, 1.54) is 11.0 Å². The number of hydrogen-bond donors (Lipinski definition) is 4. The number of hydrogen-bond acceptors (Lipinski definition) is 6. The quantitative estimate of drug-likeness (QED) is 0.359. The van der Waals surface area contributed by atoms with Gasteiger partial charge in [-0.2, -0.15) is 0 Å².